The van der Waals surface area contributed by atoms with E-state index in [1.807, 2.05) is 0 Å². The third kappa shape index (κ3) is 4.71. The van der Waals surface area contributed by atoms with Gasteiger partial charge in [0.05, 0.1) is 5.60 Å². The zero-order chi connectivity index (χ0) is 20.3. The first-order chi connectivity index (χ1) is 14.0. The highest BCUT2D eigenvalue weighted by molar-refractivity contribution is 5.30. The Morgan fingerprint density at radius 3 is 2.28 bits per heavy atom. The molecule has 1 saturated carbocycles. The largest absolute Gasteiger partial charge is 0.375 e. The van der Waals surface area contributed by atoms with E-state index in [1.165, 1.54) is 48.9 Å². The van der Waals surface area contributed by atoms with Crippen molar-refractivity contribution in [1.82, 2.24) is 0 Å². The van der Waals surface area contributed by atoms with Crippen molar-refractivity contribution >= 4 is 0 Å². The van der Waals surface area contributed by atoms with Gasteiger partial charge in [0, 0.05) is 18.1 Å². The van der Waals surface area contributed by atoms with Crippen LogP contribution in [0.25, 0.3) is 0 Å². The number of halogens is 2. The molecule has 0 aromatic heterocycles. The molecule has 0 radical (unpaired) electrons. The van der Waals surface area contributed by atoms with Crippen molar-refractivity contribution < 1.29 is 13.5 Å². The minimum atomic E-state index is -0.483. The predicted octanol–water partition coefficient (Wildman–Crippen LogP) is 7.05. The lowest BCUT2D eigenvalue weighted by atomic mass is 9.65. The van der Waals surface area contributed by atoms with Gasteiger partial charge in [-0.05, 0) is 75.1 Å². The van der Waals surface area contributed by atoms with Crippen LogP contribution in [0.15, 0.2) is 42.5 Å². The molecule has 0 amide bonds. The van der Waals surface area contributed by atoms with Crippen molar-refractivity contribution in [2.75, 3.05) is 6.61 Å². The molecule has 29 heavy (non-hydrogen) atoms. The van der Waals surface area contributed by atoms with Gasteiger partial charge in [-0.3, -0.25) is 0 Å². The SMILES string of the molecule is Cc1ccc([C@]2(CCCCc3cc(F)cc(F)c3)CCOC3(CCCC3)C2)cc1. The molecule has 0 bridgehead atoms. The van der Waals surface area contributed by atoms with Crippen LogP contribution in [-0.2, 0) is 16.6 Å². The molecule has 0 unspecified atom stereocenters. The summed E-state index contributed by atoms with van der Waals surface area (Å²) in [4.78, 5) is 0. The minimum absolute atomic E-state index is 0.0643. The highest BCUT2D eigenvalue weighted by Crippen LogP contribution is 2.50. The van der Waals surface area contributed by atoms with Crippen molar-refractivity contribution in [2.45, 2.75) is 82.1 Å². The Balaban J connectivity index is 1.47. The van der Waals surface area contributed by atoms with Crippen LogP contribution in [-0.4, -0.2) is 12.2 Å². The Labute approximate surface area is 173 Å². The fraction of sp³-hybridized carbons (Fsp3) is 0.538. The Kier molecular flexibility index (Phi) is 6.06. The summed E-state index contributed by atoms with van der Waals surface area (Å²) in [5.74, 6) is -0.965. The van der Waals surface area contributed by atoms with Crippen molar-refractivity contribution in [3.05, 3.63) is 70.8 Å². The fourth-order valence-electron chi connectivity index (χ4n) is 5.62. The molecular formula is C26H32F2O. The number of hydrogen-bond acceptors (Lipinski definition) is 1. The topological polar surface area (TPSA) is 9.23 Å². The molecule has 2 aliphatic rings. The van der Waals surface area contributed by atoms with Gasteiger partial charge in [-0.2, -0.15) is 0 Å². The number of ether oxygens (including phenoxy) is 1. The van der Waals surface area contributed by atoms with Gasteiger partial charge in [-0.25, -0.2) is 8.78 Å². The van der Waals surface area contributed by atoms with E-state index in [0.29, 0.717) is 0 Å². The lowest BCUT2D eigenvalue weighted by Gasteiger charge is -2.47. The summed E-state index contributed by atoms with van der Waals surface area (Å²) in [6, 6.07) is 12.9. The van der Waals surface area contributed by atoms with Crippen LogP contribution in [0.1, 0.15) is 74.5 Å². The van der Waals surface area contributed by atoms with E-state index < -0.39 is 11.6 Å². The minimum Gasteiger partial charge on any atom is -0.375 e. The van der Waals surface area contributed by atoms with E-state index in [9.17, 15) is 8.78 Å². The van der Waals surface area contributed by atoms with Gasteiger partial charge in [-0.1, -0.05) is 49.1 Å². The highest BCUT2D eigenvalue weighted by atomic mass is 19.1. The van der Waals surface area contributed by atoms with Gasteiger partial charge in [-0.15, -0.1) is 0 Å². The summed E-state index contributed by atoms with van der Waals surface area (Å²) >= 11 is 0. The van der Waals surface area contributed by atoms with E-state index in [1.54, 1.807) is 0 Å². The molecule has 1 atom stereocenters. The maximum atomic E-state index is 13.5. The van der Waals surface area contributed by atoms with Gasteiger partial charge in [0.2, 0.25) is 0 Å². The maximum Gasteiger partial charge on any atom is 0.126 e. The summed E-state index contributed by atoms with van der Waals surface area (Å²) < 4.78 is 33.3. The van der Waals surface area contributed by atoms with Crippen LogP contribution in [0.5, 0.6) is 0 Å². The highest BCUT2D eigenvalue weighted by Gasteiger charge is 2.47. The van der Waals surface area contributed by atoms with E-state index >= 15 is 0 Å². The lowest BCUT2D eigenvalue weighted by molar-refractivity contribution is -0.104. The number of aryl methyl sites for hydroxylation is 2. The van der Waals surface area contributed by atoms with Gasteiger partial charge in [0.15, 0.2) is 0 Å². The van der Waals surface area contributed by atoms with Crippen LogP contribution in [0.3, 0.4) is 0 Å². The van der Waals surface area contributed by atoms with E-state index in [2.05, 4.69) is 31.2 Å². The predicted molar refractivity (Wildman–Crippen MR) is 113 cm³/mol. The molecule has 2 aromatic carbocycles. The Morgan fingerprint density at radius 1 is 0.897 bits per heavy atom. The van der Waals surface area contributed by atoms with E-state index in [0.717, 1.165) is 56.8 Å². The van der Waals surface area contributed by atoms with Gasteiger partial charge in [0.1, 0.15) is 11.6 Å². The molecule has 1 saturated heterocycles. The number of hydrogen-bond donors (Lipinski definition) is 0. The standard InChI is InChI=1S/C26H32F2O/c1-20-7-9-22(10-8-20)25(14-15-29-26(19-25)12-4-5-13-26)11-3-2-6-21-16-23(27)18-24(28)17-21/h7-10,16-18H,2-6,11-15,19H2,1H3/t25-/m1/s1. The molecule has 2 aromatic rings. The molecule has 4 rings (SSSR count). The summed E-state index contributed by atoms with van der Waals surface area (Å²) in [6.45, 7) is 2.97. The second-order valence-corrected chi connectivity index (χ2v) is 9.30. The second-order valence-electron chi connectivity index (χ2n) is 9.30. The third-order valence-corrected chi connectivity index (χ3v) is 7.12. The molecule has 3 heteroatoms. The van der Waals surface area contributed by atoms with Crippen LogP contribution >= 0.6 is 0 Å². The zero-order valence-corrected chi connectivity index (χ0v) is 17.5. The van der Waals surface area contributed by atoms with Gasteiger partial charge in [0.25, 0.3) is 0 Å². The van der Waals surface area contributed by atoms with Gasteiger partial charge < -0.3 is 4.74 Å². The molecular weight excluding hydrogens is 366 g/mol. The van der Waals surface area contributed by atoms with E-state index in [-0.39, 0.29) is 11.0 Å². The molecule has 1 aliphatic carbocycles. The maximum absolute atomic E-state index is 13.5. The molecule has 1 aliphatic heterocycles. The first-order valence-electron chi connectivity index (χ1n) is 11.1. The van der Waals surface area contributed by atoms with Crippen molar-refractivity contribution in [3.63, 3.8) is 0 Å². The van der Waals surface area contributed by atoms with Crippen LogP contribution in [0.4, 0.5) is 8.78 Å². The summed E-state index contributed by atoms with van der Waals surface area (Å²) in [6.07, 6.45) is 10.9. The van der Waals surface area contributed by atoms with Gasteiger partial charge >= 0.3 is 0 Å². The lowest BCUT2D eigenvalue weighted by Crippen LogP contribution is -2.46. The number of unbranched alkanes of at least 4 members (excludes halogenated alkanes) is 1. The first-order valence-corrected chi connectivity index (χ1v) is 11.1. The molecule has 1 heterocycles. The average molecular weight is 399 g/mol. The number of rotatable bonds is 6. The quantitative estimate of drug-likeness (QED) is 0.474. The second kappa shape index (κ2) is 8.55. The normalized spacial score (nSPS) is 23.6. The molecule has 2 fully saturated rings. The summed E-state index contributed by atoms with van der Waals surface area (Å²) in [5, 5.41) is 0. The average Bonchev–Trinajstić information content (AvgIpc) is 3.12. The monoisotopic (exact) mass is 398 g/mol. The number of benzene rings is 2. The van der Waals surface area contributed by atoms with E-state index in [4.69, 9.17) is 4.74 Å². The summed E-state index contributed by atoms with van der Waals surface area (Å²) in [5.41, 5.74) is 3.71. The van der Waals surface area contributed by atoms with Crippen LogP contribution in [0, 0.1) is 18.6 Å². The Hall–Kier alpha value is -1.74. The third-order valence-electron chi connectivity index (χ3n) is 7.12. The summed E-state index contributed by atoms with van der Waals surface area (Å²) in [7, 11) is 0. The Morgan fingerprint density at radius 2 is 1.59 bits per heavy atom. The molecule has 156 valence electrons. The van der Waals surface area contributed by atoms with Crippen molar-refractivity contribution in [3.8, 4) is 0 Å². The van der Waals surface area contributed by atoms with Crippen molar-refractivity contribution in [2.24, 2.45) is 0 Å². The fourth-order valence-corrected chi connectivity index (χ4v) is 5.62. The molecule has 1 spiro atoms. The van der Waals surface area contributed by atoms with Crippen LogP contribution in [0.2, 0.25) is 0 Å². The Bertz CT molecular complexity index is 803. The van der Waals surface area contributed by atoms with Crippen molar-refractivity contribution in [1.29, 1.82) is 0 Å². The first kappa shape index (κ1) is 20.5. The zero-order valence-electron chi connectivity index (χ0n) is 17.5. The molecule has 1 nitrogen and oxygen atoms in total. The smallest absolute Gasteiger partial charge is 0.126 e. The van der Waals surface area contributed by atoms with Crippen LogP contribution < -0.4 is 0 Å². The molecule has 0 N–H and O–H groups in total.